The summed E-state index contributed by atoms with van der Waals surface area (Å²) in [5.74, 6) is -3.95. The van der Waals surface area contributed by atoms with Gasteiger partial charge in [0.05, 0.1) is 10.5 Å². The van der Waals surface area contributed by atoms with Crippen LogP contribution in [-0.4, -0.2) is 27.3 Å². The number of hydrogen-bond acceptors (Lipinski definition) is 5. The van der Waals surface area contributed by atoms with Gasteiger partial charge in [-0.25, -0.2) is 19.2 Å². The van der Waals surface area contributed by atoms with Gasteiger partial charge in [-0.3, -0.25) is 19.7 Å². The third-order valence-corrected chi connectivity index (χ3v) is 3.91. The van der Waals surface area contributed by atoms with Crippen LogP contribution in [0, 0.1) is 21.7 Å². The second-order valence-corrected chi connectivity index (χ2v) is 7.39. The molecule has 0 saturated heterocycles. The van der Waals surface area contributed by atoms with Gasteiger partial charge in [-0.05, 0) is 57.0 Å². The SMILES string of the molecule is CCc1ccc(C(=O)N(NC(C)(C)C)C(=O)c2cc(F)ccc2[N+](=O)[O-])c(F)c1. The van der Waals surface area contributed by atoms with Crippen molar-refractivity contribution in [1.82, 2.24) is 10.4 Å². The fourth-order valence-corrected chi connectivity index (χ4v) is 2.56. The lowest BCUT2D eigenvalue weighted by atomic mass is 10.1. The molecule has 0 spiro atoms. The molecule has 1 N–H and O–H groups in total. The van der Waals surface area contributed by atoms with Gasteiger partial charge < -0.3 is 0 Å². The molecular formula is C20H21F2N3O4. The number of carbonyl (C=O) groups excluding carboxylic acids is 2. The van der Waals surface area contributed by atoms with E-state index in [1.54, 1.807) is 26.8 Å². The number of benzene rings is 2. The minimum atomic E-state index is -1.17. The molecule has 2 rings (SSSR count). The highest BCUT2D eigenvalue weighted by atomic mass is 19.1. The van der Waals surface area contributed by atoms with E-state index in [2.05, 4.69) is 5.43 Å². The highest BCUT2D eigenvalue weighted by Crippen LogP contribution is 2.23. The number of imide groups is 1. The lowest BCUT2D eigenvalue weighted by Gasteiger charge is -2.30. The summed E-state index contributed by atoms with van der Waals surface area (Å²) in [6.07, 6.45) is 0.545. The Labute approximate surface area is 166 Å². The Kier molecular flexibility index (Phi) is 6.43. The van der Waals surface area contributed by atoms with Gasteiger partial charge in [-0.15, -0.1) is 0 Å². The van der Waals surface area contributed by atoms with E-state index in [1.807, 2.05) is 6.92 Å². The number of nitro groups is 1. The molecule has 0 aliphatic carbocycles. The van der Waals surface area contributed by atoms with Gasteiger partial charge in [0, 0.05) is 11.6 Å². The van der Waals surface area contributed by atoms with Crippen molar-refractivity contribution in [2.24, 2.45) is 0 Å². The lowest BCUT2D eigenvalue weighted by Crippen LogP contribution is -2.55. The quantitative estimate of drug-likeness (QED) is 0.461. The molecule has 29 heavy (non-hydrogen) atoms. The molecule has 0 aromatic heterocycles. The molecule has 0 heterocycles. The summed E-state index contributed by atoms with van der Waals surface area (Å²) >= 11 is 0. The van der Waals surface area contributed by atoms with E-state index in [0.717, 1.165) is 12.1 Å². The molecule has 0 radical (unpaired) electrons. The molecule has 2 aromatic rings. The van der Waals surface area contributed by atoms with Crippen LogP contribution in [-0.2, 0) is 6.42 Å². The molecule has 0 unspecified atom stereocenters. The maximum atomic E-state index is 14.5. The summed E-state index contributed by atoms with van der Waals surface area (Å²) < 4.78 is 28.1. The molecular weight excluding hydrogens is 384 g/mol. The van der Waals surface area contributed by atoms with E-state index in [4.69, 9.17) is 0 Å². The molecule has 7 nitrogen and oxygen atoms in total. The predicted molar refractivity (Wildman–Crippen MR) is 102 cm³/mol. The first kappa shape index (κ1) is 22.1. The van der Waals surface area contributed by atoms with Gasteiger partial charge >= 0.3 is 0 Å². The molecule has 154 valence electrons. The summed E-state index contributed by atoms with van der Waals surface area (Å²) in [6, 6.07) is 6.29. The van der Waals surface area contributed by atoms with Gasteiger partial charge in [-0.1, -0.05) is 13.0 Å². The van der Waals surface area contributed by atoms with Gasteiger partial charge in [-0.2, -0.15) is 0 Å². The van der Waals surface area contributed by atoms with Crippen molar-refractivity contribution in [2.45, 2.75) is 39.7 Å². The van der Waals surface area contributed by atoms with Crippen molar-refractivity contribution in [3.05, 3.63) is 74.8 Å². The topological polar surface area (TPSA) is 92.6 Å². The van der Waals surface area contributed by atoms with Crippen LogP contribution in [0.15, 0.2) is 36.4 Å². The number of nitrogens with zero attached hydrogens (tertiary/aromatic N) is 2. The average Bonchev–Trinajstić information content (AvgIpc) is 2.63. The van der Waals surface area contributed by atoms with Crippen LogP contribution >= 0.6 is 0 Å². The summed E-state index contributed by atoms with van der Waals surface area (Å²) in [5.41, 5.74) is 0.726. The minimum Gasteiger partial charge on any atom is -0.267 e. The van der Waals surface area contributed by atoms with Crippen molar-refractivity contribution >= 4 is 17.5 Å². The zero-order valence-corrected chi connectivity index (χ0v) is 16.5. The number of hydrogen-bond donors (Lipinski definition) is 1. The van der Waals surface area contributed by atoms with Crippen LogP contribution in [0.5, 0.6) is 0 Å². The second kappa shape index (κ2) is 8.44. The smallest absolute Gasteiger partial charge is 0.267 e. The number of amides is 2. The number of nitro benzene ring substituents is 1. The number of nitrogens with one attached hydrogen (secondary N) is 1. The molecule has 2 aromatic carbocycles. The molecule has 0 saturated carbocycles. The Bertz CT molecular complexity index is 971. The number of carbonyl (C=O) groups is 2. The Morgan fingerprint density at radius 2 is 1.69 bits per heavy atom. The average molecular weight is 405 g/mol. The van der Waals surface area contributed by atoms with Crippen LogP contribution in [0.4, 0.5) is 14.5 Å². The number of rotatable bonds is 5. The van der Waals surface area contributed by atoms with Gasteiger partial charge in [0.1, 0.15) is 17.2 Å². The molecule has 0 atom stereocenters. The Hall–Kier alpha value is -3.20. The molecule has 9 heteroatoms. The summed E-state index contributed by atoms with van der Waals surface area (Å²) in [7, 11) is 0. The summed E-state index contributed by atoms with van der Waals surface area (Å²) in [4.78, 5) is 36.4. The van der Waals surface area contributed by atoms with Crippen molar-refractivity contribution in [2.75, 3.05) is 0 Å². The first-order chi connectivity index (χ1) is 13.4. The van der Waals surface area contributed by atoms with E-state index in [1.165, 1.54) is 12.1 Å². The van der Waals surface area contributed by atoms with E-state index < -0.39 is 50.7 Å². The number of aryl methyl sites for hydroxylation is 1. The minimum absolute atomic E-state index is 0.397. The van der Waals surface area contributed by atoms with Crippen molar-refractivity contribution in [3.8, 4) is 0 Å². The van der Waals surface area contributed by atoms with Gasteiger partial charge in [0.2, 0.25) is 0 Å². The maximum Gasteiger partial charge on any atom is 0.282 e. The first-order valence-electron chi connectivity index (χ1n) is 8.83. The predicted octanol–water partition coefficient (Wildman–Crippen LogP) is 4.02. The fourth-order valence-electron chi connectivity index (χ4n) is 2.56. The summed E-state index contributed by atoms with van der Waals surface area (Å²) in [6.45, 7) is 6.72. The van der Waals surface area contributed by atoms with Crippen LogP contribution in [0.1, 0.15) is 54.0 Å². The second-order valence-electron chi connectivity index (χ2n) is 7.39. The molecule has 0 aliphatic rings. The summed E-state index contributed by atoms with van der Waals surface area (Å²) in [5, 5.41) is 11.7. The van der Waals surface area contributed by atoms with Crippen molar-refractivity contribution in [3.63, 3.8) is 0 Å². The van der Waals surface area contributed by atoms with E-state index in [9.17, 15) is 28.5 Å². The molecule has 0 fully saturated rings. The highest BCUT2D eigenvalue weighted by molar-refractivity contribution is 6.11. The highest BCUT2D eigenvalue weighted by Gasteiger charge is 2.33. The van der Waals surface area contributed by atoms with E-state index in [-0.39, 0.29) is 0 Å². The number of hydrazine groups is 1. The van der Waals surface area contributed by atoms with Crippen LogP contribution in [0.25, 0.3) is 0 Å². The van der Waals surface area contributed by atoms with Crippen LogP contribution in [0.3, 0.4) is 0 Å². The molecule has 0 bridgehead atoms. The van der Waals surface area contributed by atoms with Crippen molar-refractivity contribution in [1.29, 1.82) is 0 Å². The lowest BCUT2D eigenvalue weighted by molar-refractivity contribution is -0.385. The van der Waals surface area contributed by atoms with Crippen molar-refractivity contribution < 1.29 is 23.3 Å². The Balaban J connectivity index is 2.57. The molecule has 0 aliphatic heterocycles. The first-order valence-corrected chi connectivity index (χ1v) is 8.83. The zero-order chi connectivity index (χ0) is 21.9. The van der Waals surface area contributed by atoms with E-state index in [0.29, 0.717) is 23.1 Å². The number of halogens is 2. The van der Waals surface area contributed by atoms with Gasteiger partial charge in [0.25, 0.3) is 17.5 Å². The van der Waals surface area contributed by atoms with Crippen LogP contribution < -0.4 is 5.43 Å². The standard InChI is InChI=1S/C20H21F2N3O4/c1-5-12-6-8-14(16(22)10-12)18(26)24(23-20(2,3)4)19(27)15-11-13(21)7-9-17(15)25(28)29/h6-11,23H,5H2,1-4H3. The zero-order valence-electron chi connectivity index (χ0n) is 16.5. The van der Waals surface area contributed by atoms with Gasteiger partial charge in [0.15, 0.2) is 0 Å². The Morgan fingerprint density at radius 3 is 2.21 bits per heavy atom. The Morgan fingerprint density at radius 1 is 1.07 bits per heavy atom. The third-order valence-electron chi connectivity index (χ3n) is 3.91. The van der Waals surface area contributed by atoms with Crippen LogP contribution in [0.2, 0.25) is 0 Å². The maximum absolute atomic E-state index is 14.5. The van der Waals surface area contributed by atoms with E-state index >= 15 is 0 Å². The molecule has 2 amide bonds. The monoisotopic (exact) mass is 405 g/mol. The largest absolute Gasteiger partial charge is 0.282 e. The third kappa shape index (κ3) is 5.20. The fraction of sp³-hybridized carbons (Fsp3) is 0.300. The normalized spacial score (nSPS) is 11.2.